The Morgan fingerprint density at radius 2 is 2.14 bits per heavy atom. The summed E-state index contributed by atoms with van der Waals surface area (Å²) in [6.07, 6.45) is 2.85. The molecular weight excluding hydrogens is 292 g/mol. The zero-order valence-electron chi connectivity index (χ0n) is 12.4. The first-order chi connectivity index (χ1) is 10.8. The average Bonchev–Trinajstić information content (AvgIpc) is 3.20. The molecule has 112 valence electrons. The van der Waals surface area contributed by atoms with Crippen molar-refractivity contribution < 1.29 is 4.79 Å². The number of nitriles is 1. The van der Waals surface area contributed by atoms with Gasteiger partial charge >= 0.3 is 0 Å². The third kappa shape index (κ3) is 3.44. The van der Waals surface area contributed by atoms with E-state index >= 15 is 0 Å². The molecule has 22 heavy (non-hydrogen) atoms. The van der Waals surface area contributed by atoms with Crippen LogP contribution in [0.3, 0.4) is 0 Å². The summed E-state index contributed by atoms with van der Waals surface area (Å²) in [4.78, 5) is 15.6. The van der Waals surface area contributed by atoms with Crippen LogP contribution in [0.25, 0.3) is 0 Å². The molecular formula is C18H18N2OS. The van der Waals surface area contributed by atoms with E-state index in [0.717, 1.165) is 30.8 Å². The maximum Gasteiger partial charge on any atom is 0.174 e. The smallest absolute Gasteiger partial charge is 0.174 e. The Hall–Kier alpha value is -1.96. The first-order valence-electron chi connectivity index (χ1n) is 7.56. The lowest BCUT2D eigenvalue weighted by Crippen LogP contribution is -2.30. The highest BCUT2D eigenvalue weighted by atomic mass is 32.1. The molecule has 0 radical (unpaired) electrons. The van der Waals surface area contributed by atoms with Crippen LogP contribution in [0.2, 0.25) is 0 Å². The molecule has 1 aliphatic heterocycles. The third-order valence-corrected chi connectivity index (χ3v) is 5.10. The summed E-state index contributed by atoms with van der Waals surface area (Å²) in [7, 11) is 0. The molecule has 4 heteroatoms. The predicted molar refractivity (Wildman–Crippen MR) is 87.9 cm³/mol. The van der Waals surface area contributed by atoms with Crippen LogP contribution in [-0.2, 0) is 6.54 Å². The minimum atomic E-state index is 0.256. The zero-order valence-corrected chi connectivity index (χ0v) is 13.2. The fourth-order valence-corrected chi connectivity index (χ4v) is 3.68. The van der Waals surface area contributed by atoms with E-state index in [9.17, 15) is 4.79 Å². The van der Waals surface area contributed by atoms with Gasteiger partial charge in [-0.3, -0.25) is 9.69 Å². The Labute approximate surface area is 134 Å². The van der Waals surface area contributed by atoms with Gasteiger partial charge in [0.2, 0.25) is 0 Å². The lowest BCUT2D eigenvalue weighted by molar-refractivity contribution is 0.0942. The van der Waals surface area contributed by atoms with Crippen molar-refractivity contribution in [2.24, 2.45) is 0 Å². The van der Waals surface area contributed by atoms with E-state index in [0.29, 0.717) is 18.0 Å². The first-order valence-corrected chi connectivity index (χ1v) is 8.44. The molecule has 0 amide bonds. The second-order valence-electron chi connectivity index (χ2n) is 5.68. The Kier molecular flexibility index (Phi) is 4.67. The Morgan fingerprint density at radius 3 is 2.82 bits per heavy atom. The zero-order chi connectivity index (χ0) is 15.4. The number of hydrogen-bond donors (Lipinski definition) is 0. The van der Waals surface area contributed by atoms with Gasteiger partial charge in [-0.25, -0.2) is 0 Å². The number of likely N-dealkylation sites (tertiary alicyclic amines) is 1. The van der Waals surface area contributed by atoms with E-state index in [-0.39, 0.29) is 5.78 Å². The maximum absolute atomic E-state index is 12.3. The van der Waals surface area contributed by atoms with Crippen LogP contribution in [0, 0.1) is 11.3 Å². The van der Waals surface area contributed by atoms with Crippen LogP contribution in [0.1, 0.15) is 40.1 Å². The summed E-state index contributed by atoms with van der Waals surface area (Å²) >= 11 is 1.53. The summed E-state index contributed by atoms with van der Waals surface area (Å²) in [6.45, 7) is 1.90. The van der Waals surface area contributed by atoms with Crippen LogP contribution < -0.4 is 0 Å². The minimum Gasteiger partial charge on any atom is -0.296 e. The second kappa shape index (κ2) is 6.87. The van der Waals surface area contributed by atoms with Crippen LogP contribution in [-0.4, -0.2) is 23.3 Å². The molecule has 0 N–H and O–H groups in total. The number of carbonyl (C=O) groups is 1. The number of carbonyl (C=O) groups excluding carboxylic acids is 1. The summed E-state index contributed by atoms with van der Waals surface area (Å²) in [6, 6.07) is 14.1. The molecule has 2 heterocycles. The molecule has 0 aliphatic carbocycles. The largest absolute Gasteiger partial charge is 0.296 e. The Balaban J connectivity index is 1.63. The molecule has 0 bridgehead atoms. The summed E-state index contributed by atoms with van der Waals surface area (Å²) in [5, 5.41) is 10.8. The van der Waals surface area contributed by atoms with Crippen molar-refractivity contribution in [1.29, 1.82) is 5.26 Å². The highest BCUT2D eigenvalue weighted by Gasteiger charge is 2.27. The first kappa shape index (κ1) is 15.0. The average molecular weight is 310 g/mol. The molecule has 1 saturated heterocycles. The van der Waals surface area contributed by atoms with Gasteiger partial charge in [-0.15, -0.1) is 11.3 Å². The van der Waals surface area contributed by atoms with Crippen molar-refractivity contribution in [3.05, 3.63) is 57.8 Å². The van der Waals surface area contributed by atoms with E-state index in [1.165, 1.54) is 16.9 Å². The molecule has 0 saturated carbocycles. The Bertz CT molecular complexity index is 670. The molecule has 3 nitrogen and oxygen atoms in total. The standard InChI is InChI=1S/C18H18N2OS/c19-12-14-5-7-15(8-6-14)13-20-9-1-3-16(20)11-17(21)18-4-2-10-22-18/h2,4-8,10,16H,1,3,9,11,13H2/t16-/m0/s1. The van der Waals surface area contributed by atoms with E-state index < -0.39 is 0 Å². The van der Waals surface area contributed by atoms with Crippen LogP contribution in [0.4, 0.5) is 0 Å². The topological polar surface area (TPSA) is 44.1 Å². The van der Waals surface area contributed by atoms with Gasteiger partial charge in [0.25, 0.3) is 0 Å². The molecule has 0 spiro atoms. The van der Waals surface area contributed by atoms with Gasteiger partial charge in [0.1, 0.15) is 0 Å². The van der Waals surface area contributed by atoms with Gasteiger partial charge in [0.05, 0.1) is 16.5 Å². The third-order valence-electron chi connectivity index (χ3n) is 4.18. The van der Waals surface area contributed by atoms with E-state index in [1.807, 2.05) is 41.8 Å². The molecule has 1 aromatic heterocycles. The van der Waals surface area contributed by atoms with Gasteiger partial charge in [-0.05, 0) is 48.5 Å². The van der Waals surface area contributed by atoms with Crippen molar-refractivity contribution in [2.75, 3.05) is 6.54 Å². The monoisotopic (exact) mass is 310 g/mol. The molecule has 3 rings (SSSR count). The summed E-state index contributed by atoms with van der Waals surface area (Å²) < 4.78 is 0. The number of nitrogens with zero attached hydrogens (tertiary/aromatic N) is 2. The van der Waals surface area contributed by atoms with Crippen molar-refractivity contribution in [2.45, 2.75) is 31.8 Å². The lowest BCUT2D eigenvalue weighted by Gasteiger charge is -2.24. The molecule has 1 fully saturated rings. The summed E-state index contributed by atoms with van der Waals surface area (Å²) in [5.41, 5.74) is 1.89. The van der Waals surface area contributed by atoms with Crippen LogP contribution in [0.5, 0.6) is 0 Å². The van der Waals surface area contributed by atoms with Crippen molar-refractivity contribution >= 4 is 17.1 Å². The highest BCUT2D eigenvalue weighted by molar-refractivity contribution is 7.12. The van der Waals surface area contributed by atoms with E-state index in [2.05, 4.69) is 11.0 Å². The number of benzene rings is 1. The van der Waals surface area contributed by atoms with Gasteiger partial charge in [-0.1, -0.05) is 18.2 Å². The fraction of sp³-hybridized carbons (Fsp3) is 0.333. The van der Waals surface area contributed by atoms with Gasteiger partial charge in [0, 0.05) is 19.0 Å². The number of rotatable bonds is 5. The van der Waals surface area contributed by atoms with Crippen LogP contribution in [0.15, 0.2) is 41.8 Å². The number of thiophene rings is 1. The van der Waals surface area contributed by atoms with E-state index in [4.69, 9.17) is 5.26 Å². The maximum atomic E-state index is 12.3. The molecule has 1 aromatic carbocycles. The van der Waals surface area contributed by atoms with Gasteiger partial charge in [-0.2, -0.15) is 5.26 Å². The SMILES string of the molecule is N#Cc1ccc(CN2CCC[C@H]2CC(=O)c2cccs2)cc1. The second-order valence-corrected chi connectivity index (χ2v) is 6.63. The molecule has 0 unspecified atom stereocenters. The highest BCUT2D eigenvalue weighted by Crippen LogP contribution is 2.25. The normalized spacial score (nSPS) is 18.2. The minimum absolute atomic E-state index is 0.256. The van der Waals surface area contributed by atoms with Crippen molar-refractivity contribution in [3.63, 3.8) is 0 Å². The molecule has 1 aliphatic rings. The number of ketones is 1. The van der Waals surface area contributed by atoms with Gasteiger partial charge < -0.3 is 0 Å². The lowest BCUT2D eigenvalue weighted by atomic mass is 10.1. The fourth-order valence-electron chi connectivity index (χ4n) is 3.01. The molecule has 1 atom stereocenters. The van der Waals surface area contributed by atoms with Gasteiger partial charge in [0.15, 0.2) is 5.78 Å². The quantitative estimate of drug-likeness (QED) is 0.788. The Morgan fingerprint density at radius 1 is 1.32 bits per heavy atom. The van der Waals surface area contributed by atoms with Crippen LogP contribution >= 0.6 is 11.3 Å². The predicted octanol–water partition coefficient (Wildman–Crippen LogP) is 3.86. The molecule has 2 aromatic rings. The number of Topliss-reactive ketones (excluding diaryl/α,β-unsaturated/α-hetero) is 1. The van der Waals surface area contributed by atoms with E-state index in [1.54, 1.807) is 0 Å². The van der Waals surface area contributed by atoms with Crippen molar-refractivity contribution in [1.82, 2.24) is 4.90 Å². The van der Waals surface area contributed by atoms with Crippen molar-refractivity contribution in [3.8, 4) is 6.07 Å². The summed E-state index contributed by atoms with van der Waals surface area (Å²) in [5.74, 6) is 0.256. The number of hydrogen-bond acceptors (Lipinski definition) is 4.